The normalized spacial score (nSPS) is 10.5. The summed E-state index contributed by atoms with van der Waals surface area (Å²) in [6.07, 6.45) is 1.63. The average Bonchev–Trinajstić information content (AvgIpc) is 3.01. The van der Waals surface area contributed by atoms with Crippen LogP contribution in [0.2, 0.25) is 0 Å². The number of nitrogens with zero attached hydrogens (tertiary/aromatic N) is 4. The summed E-state index contributed by atoms with van der Waals surface area (Å²) in [6, 6.07) is 9.75. The first-order valence-corrected chi connectivity index (χ1v) is 7.31. The molecule has 0 amide bonds. The highest BCUT2D eigenvalue weighted by Crippen LogP contribution is 2.13. The van der Waals surface area contributed by atoms with Crippen LogP contribution in [0.4, 0.5) is 4.39 Å². The molecule has 2 heterocycles. The minimum absolute atomic E-state index is 0.305. The highest BCUT2D eigenvalue weighted by Gasteiger charge is 2.10. The van der Waals surface area contributed by atoms with E-state index in [1.165, 1.54) is 12.1 Å². The Morgan fingerprint density at radius 2 is 1.96 bits per heavy atom. The standard InChI is InChI=1S/C18H15FN4O/c1-23(2)12-17-21-18(22-24-17)16-9-8-14(11-20-16)7-6-13-4-3-5-15(19)10-13/h3-5,8-11H,12H2,1-2H3. The van der Waals surface area contributed by atoms with Crippen molar-refractivity contribution in [2.45, 2.75) is 6.54 Å². The molecule has 3 aromatic rings. The van der Waals surface area contributed by atoms with E-state index in [1.54, 1.807) is 24.4 Å². The number of halogens is 1. The predicted octanol–water partition coefficient (Wildman–Crippen LogP) is 2.73. The van der Waals surface area contributed by atoms with Crippen molar-refractivity contribution in [2.75, 3.05) is 14.1 Å². The van der Waals surface area contributed by atoms with Gasteiger partial charge in [-0.15, -0.1) is 0 Å². The van der Waals surface area contributed by atoms with Gasteiger partial charge in [0.2, 0.25) is 11.7 Å². The molecule has 0 saturated heterocycles. The summed E-state index contributed by atoms with van der Waals surface area (Å²) in [4.78, 5) is 10.5. The molecule has 0 atom stereocenters. The number of hydrogen-bond acceptors (Lipinski definition) is 5. The van der Waals surface area contributed by atoms with Crippen LogP contribution in [-0.4, -0.2) is 34.1 Å². The minimum atomic E-state index is -0.305. The lowest BCUT2D eigenvalue weighted by molar-refractivity contribution is 0.303. The van der Waals surface area contributed by atoms with E-state index in [0.29, 0.717) is 29.5 Å². The van der Waals surface area contributed by atoms with Gasteiger partial charge in [-0.3, -0.25) is 4.98 Å². The van der Waals surface area contributed by atoms with Gasteiger partial charge in [0, 0.05) is 17.3 Å². The van der Waals surface area contributed by atoms with E-state index in [4.69, 9.17) is 4.52 Å². The third-order valence-electron chi connectivity index (χ3n) is 3.09. The lowest BCUT2D eigenvalue weighted by atomic mass is 10.2. The van der Waals surface area contributed by atoms with Crippen LogP contribution in [0.1, 0.15) is 17.0 Å². The summed E-state index contributed by atoms with van der Waals surface area (Å²) in [5, 5.41) is 3.92. The molecule has 0 fully saturated rings. The maximum atomic E-state index is 13.1. The molecule has 2 aromatic heterocycles. The van der Waals surface area contributed by atoms with Crippen molar-refractivity contribution in [3.63, 3.8) is 0 Å². The zero-order chi connectivity index (χ0) is 16.9. The quantitative estimate of drug-likeness (QED) is 0.694. The highest BCUT2D eigenvalue weighted by atomic mass is 19.1. The average molecular weight is 322 g/mol. The molecule has 0 saturated carbocycles. The van der Waals surface area contributed by atoms with Crippen LogP contribution in [0, 0.1) is 17.7 Å². The maximum Gasteiger partial charge on any atom is 0.241 e. The lowest BCUT2D eigenvalue weighted by Crippen LogP contribution is -2.10. The van der Waals surface area contributed by atoms with Gasteiger partial charge in [0.25, 0.3) is 0 Å². The Hall–Kier alpha value is -3.04. The summed E-state index contributed by atoms with van der Waals surface area (Å²) < 4.78 is 18.3. The van der Waals surface area contributed by atoms with Crippen molar-refractivity contribution in [3.05, 3.63) is 65.4 Å². The summed E-state index contributed by atoms with van der Waals surface area (Å²) in [5.74, 6) is 6.52. The Kier molecular flexibility index (Phi) is 4.64. The van der Waals surface area contributed by atoms with Crippen LogP contribution in [-0.2, 0) is 6.54 Å². The Bertz CT molecular complexity index is 891. The van der Waals surface area contributed by atoms with E-state index in [2.05, 4.69) is 27.0 Å². The van der Waals surface area contributed by atoms with Gasteiger partial charge in [0.1, 0.15) is 11.5 Å². The van der Waals surface area contributed by atoms with Gasteiger partial charge >= 0.3 is 0 Å². The molecule has 1 aromatic carbocycles. The fraction of sp³-hybridized carbons (Fsp3) is 0.167. The molecular formula is C18H15FN4O. The molecule has 120 valence electrons. The minimum Gasteiger partial charge on any atom is -0.337 e. The fourth-order valence-electron chi connectivity index (χ4n) is 2.00. The smallest absolute Gasteiger partial charge is 0.241 e. The molecule has 0 aliphatic rings. The van der Waals surface area contributed by atoms with Crippen LogP contribution >= 0.6 is 0 Å². The molecule has 0 N–H and O–H groups in total. The second kappa shape index (κ2) is 7.02. The van der Waals surface area contributed by atoms with E-state index in [1.807, 2.05) is 25.1 Å². The van der Waals surface area contributed by atoms with Gasteiger partial charge in [-0.1, -0.05) is 23.1 Å². The van der Waals surface area contributed by atoms with Gasteiger partial charge in [-0.05, 0) is 44.4 Å². The Morgan fingerprint density at radius 1 is 1.12 bits per heavy atom. The SMILES string of the molecule is CN(C)Cc1nc(-c2ccc(C#Cc3cccc(F)c3)cn2)no1. The zero-order valence-corrected chi connectivity index (χ0v) is 13.3. The molecule has 3 rings (SSSR count). The van der Waals surface area contributed by atoms with Crippen LogP contribution in [0.15, 0.2) is 47.1 Å². The summed E-state index contributed by atoms with van der Waals surface area (Å²) in [6.45, 7) is 0.574. The number of hydrogen-bond donors (Lipinski definition) is 0. The van der Waals surface area contributed by atoms with Crippen molar-refractivity contribution >= 4 is 0 Å². The monoisotopic (exact) mass is 322 g/mol. The fourth-order valence-corrected chi connectivity index (χ4v) is 2.00. The van der Waals surface area contributed by atoms with Crippen LogP contribution in [0.3, 0.4) is 0 Å². The molecule has 0 spiro atoms. The first kappa shape index (κ1) is 15.8. The zero-order valence-electron chi connectivity index (χ0n) is 13.3. The van der Waals surface area contributed by atoms with E-state index in [9.17, 15) is 4.39 Å². The molecule has 0 bridgehead atoms. The maximum absolute atomic E-state index is 13.1. The molecule has 0 aliphatic heterocycles. The van der Waals surface area contributed by atoms with Gasteiger partial charge in [-0.25, -0.2) is 4.39 Å². The van der Waals surface area contributed by atoms with Crippen LogP contribution in [0.25, 0.3) is 11.5 Å². The van der Waals surface area contributed by atoms with Gasteiger partial charge in [0.15, 0.2) is 0 Å². The Balaban J connectivity index is 1.75. The van der Waals surface area contributed by atoms with E-state index in [-0.39, 0.29) is 5.82 Å². The summed E-state index contributed by atoms with van der Waals surface area (Å²) >= 11 is 0. The van der Waals surface area contributed by atoms with Gasteiger partial charge in [0.05, 0.1) is 6.54 Å². The van der Waals surface area contributed by atoms with Crippen molar-refractivity contribution in [2.24, 2.45) is 0 Å². The molecule has 24 heavy (non-hydrogen) atoms. The largest absolute Gasteiger partial charge is 0.337 e. The van der Waals surface area contributed by atoms with E-state index < -0.39 is 0 Å². The van der Waals surface area contributed by atoms with Gasteiger partial charge in [-0.2, -0.15) is 4.98 Å². The second-order valence-electron chi connectivity index (χ2n) is 5.44. The van der Waals surface area contributed by atoms with E-state index in [0.717, 1.165) is 5.56 Å². The first-order chi connectivity index (χ1) is 11.6. The van der Waals surface area contributed by atoms with Gasteiger partial charge < -0.3 is 9.42 Å². The highest BCUT2D eigenvalue weighted by molar-refractivity contribution is 5.50. The van der Waals surface area contributed by atoms with E-state index >= 15 is 0 Å². The van der Waals surface area contributed by atoms with Crippen molar-refractivity contribution in [1.82, 2.24) is 20.0 Å². The number of pyridine rings is 1. The predicted molar refractivity (Wildman–Crippen MR) is 87.3 cm³/mol. The van der Waals surface area contributed by atoms with Crippen LogP contribution in [0.5, 0.6) is 0 Å². The molecule has 0 unspecified atom stereocenters. The second-order valence-corrected chi connectivity index (χ2v) is 5.44. The topological polar surface area (TPSA) is 55.1 Å². The lowest BCUT2D eigenvalue weighted by Gasteiger charge is -2.02. The van der Waals surface area contributed by atoms with Crippen molar-refractivity contribution in [1.29, 1.82) is 0 Å². The third kappa shape index (κ3) is 4.03. The number of rotatable bonds is 3. The molecule has 5 nitrogen and oxygen atoms in total. The Labute approximate surface area is 139 Å². The summed E-state index contributed by atoms with van der Waals surface area (Å²) in [5.41, 5.74) is 1.95. The van der Waals surface area contributed by atoms with Crippen LogP contribution < -0.4 is 0 Å². The molecule has 6 heteroatoms. The van der Waals surface area contributed by atoms with Crippen molar-refractivity contribution in [3.8, 4) is 23.4 Å². The Morgan fingerprint density at radius 3 is 2.67 bits per heavy atom. The molecular weight excluding hydrogens is 307 g/mol. The first-order valence-electron chi connectivity index (χ1n) is 7.31. The third-order valence-corrected chi connectivity index (χ3v) is 3.09. The molecule has 0 aliphatic carbocycles. The molecule has 0 radical (unpaired) electrons. The number of aromatic nitrogens is 3. The number of benzene rings is 1. The van der Waals surface area contributed by atoms with Crippen molar-refractivity contribution < 1.29 is 8.91 Å². The summed E-state index contributed by atoms with van der Waals surface area (Å²) in [7, 11) is 3.85.